The molecule has 0 bridgehead atoms. The molecule has 0 unspecified atom stereocenters. The molecule has 2 heterocycles. The Bertz CT molecular complexity index is 815. The van der Waals surface area contributed by atoms with Crippen molar-refractivity contribution >= 4 is 50.0 Å². The lowest BCUT2D eigenvalue weighted by molar-refractivity contribution is -0.116. The Kier molecular flexibility index (Phi) is 4.36. The van der Waals surface area contributed by atoms with Gasteiger partial charge in [0.15, 0.2) is 15.0 Å². The van der Waals surface area contributed by atoms with Crippen LogP contribution in [0, 0.1) is 11.3 Å². The van der Waals surface area contributed by atoms with Gasteiger partial charge >= 0.3 is 0 Å². The van der Waals surface area contributed by atoms with Crippen LogP contribution in [0.3, 0.4) is 0 Å². The minimum atomic E-state index is -3.10. The first-order chi connectivity index (χ1) is 10.9. The van der Waals surface area contributed by atoms with Gasteiger partial charge in [0.2, 0.25) is 0 Å². The summed E-state index contributed by atoms with van der Waals surface area (Å²) in [5.74, 6) is -0.437. The first kappa shape index (κ1) is 16.3. The van der Waals surface area contributed by atoms with Crippen molar-refractivity contribution in [3.63, 3.8) is 0 Å². The van der Waals surface area contributed by atoms with Gasteiger partial charge in [-0.05, 0) is 24.3 Å². The summed E-state index contributed by atoms with van der Waals surface area (Å²) in [6, 6.07) is 8.44. The second-order valence-electron chi connectivity index (χ2n) is 5.27. The molecule has 0 aromatic heterocycles. The first-order valence-electron chi connectivity index (χ1n) is 6.80. The number of nitrogens with zero attached hydrogens (tertiary/aromatic N) is 3. The normalized spacial score (nSPS) is 27.0. The number of amidine groups is 1. The van der Waals surface area contributed by atoms with E-state index in [-0.39, 0.29) is 29.2 Å². The van der Waals surface area contributed by atoms with Gasteiger partial charge in [0.1, 0.15) is 6.42 Å². The van der Waals surface area contributed by atoms with Crippen LogP contribution in [0.25, 0.3) is 0 Å². The van der Waals surface area contributed by atoms with E-state index in [2.05, 4.69) is 4.99 Å². The molecule has 0 saturated carbocycles. The smallest absolute Gasteiger partial charge is 0.262 e. The van der Waals surface area contributed by atoms with E-state index in [9.17, 15) is 13.2 Å². The van der Waals surface area contributed by atoms with E-state index in [0.717, 1.165) is 5.69 Å². The summed E-state index contributed by atoms with van der Waals surface area (Å²) in [6.07, 6.45) is -0.299. The van der Waals surface area contributed by atoms with Crippen molar-refractivity contribution in [2.45, 2.75) is 17.7 Å². The van der Waals surface area contributed by atoms with Crippen LogP contribution in [0.5, 0.6) is 0 Å². The Morgan fingerprint density at radius 1 is 1.39 bits per heavy atom. The highest BCUT2D eigenvalue weighted by Crippen LogP contribution is 2.41. The van der Waals surface area contributed by atoms with Gasteiger partial charge in [-0.3, -0.25) is 4.79 Å². The Hall–Kier alpha value is -1.56. The van der Waals surface area contributed by atoms with Crippen molar-refractivity contribution in [2.75, 3.05) is 16.4 Å². The second-order valence-corrected chi connectivity index (χ2v) is 9.07. The Balaban J connectivity index is 1.99. The lowest BCUT2D eigenvalue weighted by atomic mass is 10.2. The summed E-state index contributed by atoms with van der Waals surface area (Å²) in [5, 5.41) is 9.44. The quantitative estimate of drug-likeness (QED) is 0.790. The Morgan fingerprint density at radius 2 is 2.09 bits per heavy atom. The first-order valence-corrected chi connectivity index (χ1v) is 9.88. The van der Waals surface area contributed by atoms with Crippen LogP contribution in [0.2, 0.25) is 5.02 Å². The van der Waals surface area contributed by atoms with Gasteiger partial charge in [-0.25, -0.2) is 8.42 Å². The average molecular weight is 370 g/mol. The van der Waals surface area contributed by atoms with Gasteiger partial charge in [-0.1, -0.05) is 23.4 Å². The number of aliphatic imine (C=N–C) groups is 1. The summed E-state index contributed by atoms with van der Waals surface area (Å²) < 4.78 is 23.8. The maximum Gasteiger partial charge on any atom is 0.262 e. The molecular formula is C14H12ClN3O3S2. The molecule has 1 aromatic rings. The predicted molar refractivity (Wildman–Crippen MR) is 90.4 cm³/mol. The van der Waals surface area contributed by atoms with Crippen molar-refractivity contribution in [3.8, 4) is 6.07 Å². The third-order valence-electron chi connectivity index (χ3n) is 3.62. The van der Waals surface area contributed by atoms with Crippen molar-refractivity contribution in [2.24, 2.45) is 4.99 Å². The number of benzene rings is 1. The van der Waals surface area contributed by atoms with Gasteiger partial charge in [0.05, 0.1) is 23.6 Å². The zero-order chi connectivity index (χ0) is 16.6. The van der Waals surface area contributed by atoms with E-state index < -0.39 is 15.7 Å². The fourth-order valence-electron chi connectivity index (χ4n) is 2.68. The van der Waals surface area contributed by atoms with Crippen LogP contribution < -0.4 is 4.90 Å². The van der Waals surface area contributed by atoms with Crippen LogP contribution in [-0.2, 0) is 14.6 Å². The lowest BCUT2D eigenvalue weighted by Gasteiger charge is -2.24. The number of rotatable bonds is 2. The predicted octanol–water partition coefficient (Wildman–Crippen LogP) is 1.86. The number of carbonyl (C=O) groups is 1. The van der Waals surface area contributed by atoms with Crippen LogP contribution >= 0.6 is 23.4 Å². The summed E-state index contributed by atoms with van der Waals surface area (Å²) in [7, 11) is -3.10. The molecule has 1 aromatic carbocycles. The molecule has 1 amide bonds. The molecule has 2 fully saturated rings. The van der Waals surface area contributed by atoms with Crippen LogP contribution in [0.15, 0.2) is 29.3 Å². The summed E-state index contributed by atoms with van der Waals surface area (Å²) in [5.41, 5.74) is 0.731. The lowest BCUT2D eigenvalue weighted by Crippen LogP contribution is -2.37. The molecule has 9 heteroatoms. The minimum Gasteiger partial charge on any atom is -0.316 e. The summed E-state index contributed by atoms with van der Waals surface area (Å²) in [6.45, 7) is 0. The Morgan fingerprint density at radius 3 is 2.74 bits per heavy atom. The molecule has 2 atom stereocenters. The molecule has 3 rings (SSSR count). The van der Waals surface area contributed by atoms with Crippen molar-refractivity contribution in [3.05, 3.63) is 29.3 Å². The van der Waals surface area contributed by atoms with E-state index in [1.807, 2.05) is 0 Å². The summed E-state index contributed by atoms with van der Waals surface area (Å²) in [4.78, 5) is 17.4. The molecule has 0 aliphatic carbocycles. The van der Waals surface area contributed by atoms with Crippen molar-refractivity contribution in [1.29, 1.82) is 5.26 Å². The monoisotopic (exact) mass is 369 g/mol. The number of fused-ring (bicyclic) bond motifs is 1. The standard InChI is InChI=1S/C14H12ClN3O3S2/c15-9-1-3-10(4-2-9)18-11-7-23(20,21)8-12(11)22-14(18)17-13(19)5-6-16/h1-4,11-12H,5,7-8H2/t11-,12+/m0/s1. The van der Waals surface area contributed by atoms with Crippen molar-refractivity contribution in [1.82, 2.24) is 0 Å². The molecule has 23 heavy (non-hydrogen) atoms. The third-order valence-corrected chi connectivity index (χ3v) is 7.08. The van der Waals surface area contributed by atoms with E-state index in [1.165, 1.54) is 11.8 Å². The molecule has 2 saturated heterocycles. The molecule has 0 N–H and O–H groups in total. The van der Waals surface area contributed by atoms with Crippen LogP contribution in [-0.4, -0.2) is 42.3 Å². The Labute approximate surface area is 143 Å². The molecule has 2 aliphatic rings. The SMILES string of the molecule is N#CCC(=O)N=C1S[C@@H]2CS(=O)(=O)C[C@@H]2N1c1ccc(Cl)cc1. The highest BCUT2D eigenvalue weighted by molar-refractivity contribution is 8.16. The number of hydrogen-bond acceptors (Lipinski definition) is 5. The van der Waals surface area contributed by atoms with E-state index in [4.69, 9.17) is 16.9 Å². The molecule has 0 radical (unpaired) electrons. The number of carbonyl (C=O) groups excluding carboxylic acids is 1. The molecule has 6 nitrogen and oxygen atoms in total. The van der Waals surface area contributed by atoms with Gasteiger partial charge in [-0.15, -0.1) is 0 Å². The van der Waals surface area contributed by atoms with Crippen LogP contribution in [0.4, 0.5) is 5.69 Å². The number of thioether (sulfide) groups is 1. The molecule has 120 valence electrons. The highest BCUT2D eigenvalue weighted by Gasteiger charge is 2.49. The number of nitriles is 1. The molecule has 0 spiro atoms. The number of amides is 1. The highest BCUT2D eigenvalue weighted by atomic mass is 35.5. The zero-order valence-electron chi connectivity index (χ0n) is 11.8. The zero-order valence-corrected chi connectivity index (χ0v) is 14.2. The van der Waals surface area contributed by atoms with Gasteiger partial charge in [0, 0.05) is 16.0 Å². The van der Waals surface area contributed by atoms with Crippen LogP contribution in [0.1, 0.15) is 6.42 Å². The maximum absolute atomic E-state index is 11.9. The van der Waals surface area contributed by atoms with E-state index in [1.54, 1.807) is 35.2 Å². The van der Waals surface area contributed by atoms with E-state index in [0.29, 0.717) is 10.2 Å². The molecule has 2 aliphatic heterocycles. The minimum absolute atomic E-state index is 0.0265. The van der Waals surface area contributed by atoms with Crippen molar-refractivity contribution < 1.29 is 13.2 Å². The molecular weight excluding hydrogens is 358 g/mol. The topological polar surface area (TPSA) is 90.6 Å². The number of anilines is 1. The average Bonchev–Trinajstić information content (AvgIpc) is 2.91. The summed E-state index contributed by atoms with van der Waals surface area (Å²) >= 11 is 7.18. The second kappa shape index (κ2) is 6.15. The number of sulfone groups is 1. The number of halogens is 1. The fourth-order valence-corrected chi connectivity index (χ4v) is 6.74. The fraction of sp³-hybridized carbons (Fsp3) is 0.357. The maximum atomic E-state index is 11.9. The number of hydrogen-bond donors (Lipinski definition) is 0. The van der Waals surface area contributed by atoms with Gasteiger partial charge in [-0.2, -0.15) is 10.3 Å². The largest absolute Gasteiger partial charge is 0.316 e. The van der Waals surface area contributed by atoms with Gasteiger partial charge < -0.3 is 4.90 Å². The van der Waals surface area contributed by atoms with Gasteiger partial charge in [0.25, 0.3) is 5.91 Å². The van der Waals surface area contributed by atoms with E-state index >= 15 is 0 Å². The third kappa shape index (κ3) is 3.37.